The summed E-state index contributed by atoms with van der Waals surface area (Å²) in [4.78, 5) is 0. The minimum atomic E-state index is 0.437. The van der Waals surface area contributed by atoms with Gasteiger partial charge in [-0.2, -0.15) is 0 Å². The Balaban J connectivity index is 1.83. The molecule has 1 aliphatic rings. The van der Waals surface area contributed by atoms with Crippen molar-refractivity contribution >= 4 is 11.6 Å². The zero-order valence-corrected chi connectivity index (χ0v) is 13.3. The van der Waals surface area contributed by atoms with E-state index in [1.54, 1.807) is 0 Å². The lowest BCUT2D eigenvalue weighted by Gasteiger charge is -2.33. The predicted octanol–water partition coefficient (Wildman–Crippen LogP) is 4.52. The lowest BCUT2D eigenvalue weighted by molar-refractivity contribution is 0.170. The number of ether oxygens (including phenoxy) is 1. The van der Waals surface area contributed by atoms with Gasteiger partial charge in [-0.25, -0.2) is 0 Å². The van der Waals surface area contributed by atoms with E-state index in [0.29, 0.717) is 6.04 Å². The molecule has 1 atom stereocenters. The van der Waals surface area contributed by atoms with Crippen LogP contribution >= 0.6 is 11.6 Å². The molecular formula is C17H26ClNO. The molecule has 3 heteroatoms. The van der Waals surface area contributed by atoms with Crippen LogP contribution in [0.25, 0.3) is 0 Å². The second-order valence-electron chi connectivity index (χ2n) is 5.85. The van der Waals surface area contributed by atoms with Gasteiger partial charge >= 0.3 is 0 Å². The zero-order valence-electron chi connectivity index (χ0n) is 12.6. The van der Waals surface area contributed by atoms with Crippen molar-refractivity contribution in [3.63, 3.8) is 0 Å². The lowest BCUT2D eigenvalue weighted by Crippen LogP contribution is -2.40. The summed E-state index contributed by atoms with van der Waals surface area (Å²) in [6.45, 7) is 3.03. The topological polar surface area (TPSA) is 21.3 Å². The van der Waals surface area contributed by atoms with Gasteiger partial charge in [0.25, 0.3) is 0 Å². The van der Waals surface area contributed by atoms with Crippen molar-refractivity contribution < 1.29 is 4.74 Å². The first-order valence-electron chi connectivity index (χ1n) is 7.78. The first kappa shape index (κ1) is 15.7. The molecule has 2 rings (SSSR count). The summed E-state index contributed by atoms with van der Waals surface area (Å²) < 4.78 is 5.90. The highest BCUT2D eigenvalue weighted by Gasteiger charge is 2.26. The van der Waals surface area contributed by atoms with Crippen molar-refractivity contribution in [2.75, 3.05) is 13.7 Å². The third-order valence-corrected chi connectivity index (χ3v) is 4.87. The third kappa shape index (κ3) is 4.39. The van der Waals surface area contributed by atoms with Gasteiger partial charge in [-0.3, -0.25) is 0 Å². The van der Waals surface area contributed by atoms with Gasteiger partial charge in [-0.05, 0) is 49.9 Å². The van der Waals surface area contributed by atoms with E-state index < -0.39 is 0 Å². The standard InChI is InChI=1S/C17H26ClNO/c1-3-13-7-9-14(10-8-13)17(19-2)12-20-16-6-4-5-15(18)11-16/h4-6,11,13-14,17,19H,3,7-10,12H2,1-2H3. The summed E-state index contributed by atoms with van der Waals surface area (Å²) in [5, 5.41) is 4.16. The predicted molar refractivity (Wildman–Crippen MR) is 85.5 cm³/mol. The van der Waals surface area contributed by atoms with E-state index >= 15 is 0 Å². The Kier molecular flexibility index (Phi) is 6.18. The van der Waals surface area contributed by atoms with Crippen molar-refractivity contribution in [1.29, 1.82) is 0 Å². The molecule has 0 saturated heterocycles. The number of hydrogen-bond donors (Lipinski definition) is 1. The number of benzene rings is 1. The molecule has 0 aliphatic heterocycles. The van der Waals surface area contributed by atoms with E-state index in [4.69, 9.17) is 16.3 Å². The van der Waals surface area contributed by atoms with E-state index in [1.165, 1.54) is 32.1 Å². The van der Waals surface area contributed by atoms with Crippen LogP contribution in [-0.4, -0.2) is 19.7 Å². The van der Waals surface area contributed by atoms with Crippen LogP contribution in [0.2, 0.25) is 5.02 Å². The second kappa shape index (κ2) is 7.90. The van der Waals surface area contributed by atoms with Crippen LogP contribution in [0.15, 0.2) is 24.3 Å². The summed E-state index contributed by atoms with van der Waals surface area (Å²) in [7, 11) is 2.04. The van der Waals surface area contributed by atoms with Gasteiger partial charge in [0.1, 0.15) is 12.4 Å². The van der Waals surface area contributed by atoms with Gasteiger partial charge in [-0.1, -0.05) is 43.9 Å². The fourth-order valence-electron chi connectivity index (χ4n) is 3.20. The van der Waals surface area contributed by atoms with E-state index in [0.717, 1.165) is 29.2 Å². The van der Waals surface area contributed by atoms with E-state index in [2.05, 4.69) is 12.2 Å². The SMILES string of the molecule is CCC1CCC(C(COc2cccc(Cl)c2)NC)CC1. The number of halogens is 1. The first-order chi connectivity index (χ1) is 9.72. The fraction of sp³-hybridized carbons (Fsp3) is 0.647. The number of rotatable bonds is 6. The Morgan fingerprint density at radius 3 is 2.65 bits per heavy atom. The van der Waals surface area contributed by atoms with Crippen molar-refractivity contribution in [2.24, 2.45) is 11.8 Å². The van der Waals surface area contributed by atoms with Crippen LogP contribution in [0.3, 0.4) is 0 Å². The normalized spacial score (nSPS) is 24.4. The van der Waals surface area contributed by atoms with Crippen LogP contribution in [0.1, 0.15) is 39.0 Å². The lowest BCUT2D eigenvalue weighted by atomic mass is 9.78. The molecule has 1 N–H and O–H groups in total. The summed E-state index contributed by atoms with van der Waals surface area (Å²) in [5.74, 6) is 2.54. The maximum Gasteiger partial charge on any atom is 0.120 e. The highest BCUT2D eigenvalue weighted by molar-refractivity contribution is 6.30. The number of hydrogen-bond acceptors (Lipinski definition) is 2. The molecule has 1 unspecified atom stereocenters. The minimum Gasteiger partial charge on any atom is -0.492 e. The third-order valence-electron chi connectivity index (χ3n) is 4.63. The molecule has 0 aromatic heterocycles. The van der Waals surface area contributed by atoms with E-state index in [9.17, 15) is 0 Å². The molecule has 2 nitrogen and oxygen atoms in total. The van der Waals surface area contributed by atoms with Gasteiger partial charge in [-0.15, -0.1) is 0 Å². The molecule has 1 fully saturated rings. The maximum absolute atomic E-state index is 5.98. The Hall–Kier alpha value is -0.730. The molecular weight excluding hydrogens is 270 g/mol. The van der Waals surface area contributed by atoms with Crippen molar-refractivity contribution in [3.8, 4) is 5.75 Å². The second-order valence-corrected chi connectivity index (χ2v) is 6.29. The van der Waals surface area contributed by atoms with Gasteiger partial charge in [0.15, 0.2) is 0 Å². The summed E-state index contributed by atoms with van der Waals surface area (Å²) >= 11 is 5.98. The van der Waals surface area contributed by atoms with Gasteiger partial charge in [0.05, 0.1) is 0 Å². The molecule has 112 valence electrons. The minimum absolute atomic E-state index is 0.437. The molecule has 20 heavy (non-hydrogen) atoms. The molecule has 1 aliphatic carbocycles. The molecule has 0 radical (unpaired) electrons. The van der Waals surface area contributed by atoms with Crippen LogP contribution in [0.4, 0.5) is 0 Å². The quantitative estimate of drug-likeness (QED) is 0.833. The first-order valence-corrected chi connectivity index (χ1v) is 8.16. The summed E-state index contributed by atoms with van der Waals surface area (Å²) in [5.41, 5.74) is 0. The maximum atomic E-state index is 5.98. The Morgan fingerprint density at radius 1 is 1.30 bits per heavy atom. The molecule has 0 bridgehead atoms. The van der Waals surface area contributed by atoms with Gasteiger partial charge < -0.3 is 10.1 Å². The number of likely N-dealkylation sites (N-methyl/N-ethyl adjacent to an activating group) is 1. The largest absolute Gasteiger partial charge is 0.492 e. The smallest absolute Gasteiger partial charge is 0.120 e. The van der Waals surface area contributed by atoms with Crippen LogP contribution in [0.5, 0.6) is 5.75 Å². The molecule has 0 spiro atoms. The average molecular weight is 296 g/mol. The zero-order chi connectivity index (χ0) is 14.4. The monoisotopic (exact) mass is 295 g/mol. The molecule has 1 aromatic rings. The van der Waals surface area contributed by atoms with Crippen molar-refractivity contribution in [1.82, 2.24) is 5.32 Å². The van der Waals surface area contributed by atoms with E-state index in [-0.39, 0.29) is 0 Å². The molecule has 1 saturated carbocycles. The molecule has 0 amide bonds. The van der Waals surface area contributed by atoms with E-state index in [1.807, 2.05) is 31.3 Å². The summed E-state index contributed by atoms with van der Waals surface area (Å²) in [6, 6.07) is 8.08. The van der Waals surface area contributed by atoms with Gasteiger partial charge in [0.2, 0.25) is 0 Å². The average Bonchev–Trinajstić information content (AvgIpc) is 2.48. The fourth-order valence-corrected chi connectivity index (χ4v) is 3.38. The van der Waals surface area contributed by atoms with Crippen LogP contribution in [0, 0.1) is 11.8 Å². The van der Waals surface area contributed by atoms with Crippen molar-refractivity contribution in [3.05, 3.63) is 29.3 Å². The Bertz CT molecular complexity index is 402. The van der Waals surface area contributed by atoms with Crippen LogP contribution < -0.4 is 10.1 Å². The highest BCUT2D eigenvalue weighted by atomic mass is 35.5. The molecule has 1 aromatic carbocycles. The summed E-state index contributed by atoms with van der Waals surface area (Å²) in [6.07, 6.45) is 6.72. The van der Waals surface area contributed by atoms with Crippen LogP contribution in [-0.2, 0) is 0 Å². The highest BCUT2D eigenvalue weighted by Crippen LogP contribution is 2.32. The van der Waals surface area contributed by atoms with Crippen molar-refractivity contribution in [2.45, 2.75) is 45.1 Å². The van der Waals surface area contributed by atoms with Gasteiger partial charge in [0, 0.05) is 11.1 Å². The Labute approximate surface area is 127 Å². The Morgan fingerprint density at radius 2 is 2.05 bits per heavy atom. The molecule has 0 heterocycles. The number of nitrogens with one attached hydrogen (secondary N) is 1.